The number of fused-ring (bicyclic) bond motifs is 7. The molecule has 1 aliphatic heterocycles. The Morgan fingerprint density at radius 3 is 1.94 bits per heavy atom. The highest BCUT2D eigenvalue weighted by molar-refractivity contribution is 6.40. The Bertz CT molecular complexity index is 2890. The summed E-state index contributed by atoms with van der Waals surface area (Å²) in [6.45, 7) is 2.13. The lowest BCUT2D eigenvalue weighted by molar-refractivity contribution is 0.672. The van der Waals surface area contributed by atoms with E-state index in [0.29, 0.717) is 0 Å². The van der Waals surface area contributed by atoms with Gasteiger partial charge >= 0.3 is 0 Å². The zero-order valence-electron chi connectivity index (χ0n) is 27.4. The van der Waals surface area contributed by atoms with Crippen LogP contribution >= 0.6 is 0 Å². The summed E-state index contributed by atoms with van der Waals surface area (Å²) in [4.78, 5) is 4.79. The first-order chi connectivity index (χ1) is 24.7. The second-order valence-corrected chi connectivity index (χ2v) is 13.4. The Morgan fingerprint density at radius 1 is 0.460 bits per heavy atom. The standard InChI is InChI=1S/C47H30N2O/c1-29-20-22-36-42(26-29)50-47-38-24-25-40-45-39(27-30-12-11-19-37(44(36)47)43(30)46(38)45)35-23-21-34(28-41(35)49(40)33-17-9-4-10-18-33)48(31-13-5-2-6-14-31)32-15-7-3-8-16-32/h2-28H,1H3. The first-order valence-corrected chi connectivity index (χ1v) is 17.2. The molecule has 1 aromatic heterocycles. The van der Waals surface area contributed by atoms with E-state index in [1.54, 1.807) is 0 Å². The van der Waals surface area contributed by atoms with E-state index >= 15 is 0 Å². The molecule has 0 unspecified atom stereocenters. The number of hydrogen-bond donors (Lipinski definition) is 0. The number of benzene rings is 9. The van der Waals surface area contributed by atoms with Gasteiger partial charge in [0.2, 0.25) is 0 Å². The molecule has 1 aliphatic rings. The van der Waals surface area contributed by atoms with Crippen LogP contribution in [0.5, 0.6) is 0 Å². The van der Waals surface area contributed by atoms with Gasteiger partial charge in [-0.3, -0.25) is 0 Å². The van der Waals surface area contributed by atoms with Crippen LogP contribution in [-0.4, -0.2) is 0 Å². The number of anilines is 6. The van der Waals surface area contributed by atoms with E-state index < -0.39 is 0 Å². The van der Waals surface area contributed by atoms with E-state index in [4.69, 9.17) is 4.42 Å². The fraction of sp³-hybridized carbons (Fsp3) is 0.0213. The molecule has 0 N–H and O–H groups in total. The third-order valence-electron chi connectivity index (χ3n) is 10.5. The first-order valence-electron chi connectivity index (χ1n) is 17.2. The van der Waals surface area contributed by atoms with Crippen LogP contribution in [0.15, 0.2) is 168 Å². The molecule has 2 heterocycles. The van der Waals surface area contributed by atoms with E-state index in [2.05, 4.69) is 181 Å². The molecule has 50 heavy (non-hydrogen) atoms. The molecular weight excluding hydrogens is 609 g/mol. The van der Waals surface area contributed by atoms with Crippen LogP contribution in [-0.2, 0) is 0 Å². The van der Waals surface area contributed by atoms with Gasteiger partial charge in [0, 0.05) is 55.2 Å². The van der Waals surface area contributed by atoms with Crippen LogP contribution in [0.25, 0.3) is 65.4 Å². The van der Waals surface area contributed by atoms with Crippen molar-refractivity contribution in [3.05, 3.63) is 169 Å². The second-order valence-electron chi connectivity index (χ2n) is 13.4. The van der Waals surface area contributed by atoms with E-state index in [-0.39, 0.29) is 0 Å². The minimum absolute atomic E-state index is 0.939. The molecule has 0 radical (unpaired) electrons. The highest BCUT2D eigenvalue weighted by atomic mass is 16.3. The lowest BCUT2D eigenvalue weighted by Gasteiger charge is -2.36. The van der Waals surface area contributed by atoms with E-state index in [0.717, 1.165) is 45.0 Å². The highest BCUT2D eigenvalue weighted by Crippen LogP contribution is 2.56. The van der Waals surface area contributed by atoms with Crippen molar-refractivity contribution in [1.82, 2.24) is 0 Å². The maximum absolute atomic E-state index is 6.77. The quantitative estimate of drug-likeness (QED) is 0.179. The number of aryl methyl sites for hydroxylation is 1. The van der Waals surface area contributed by atoms with Crippen molar-refractivity contribution in [1.29, 1.82) is 0 Å². The molecule has 3 heteroatoms. The fourth-order valence-corrected chi connectivity index (χ4v) is 8.44. The molecule has 0 saturated carbocycles. The van der Waals surface area contributed by atoms with E-state index in [9.17, 15) is 0 Å². The Kier molecular flexibility index (Phi) is 5.59. The van der Waals surface area contributed by atoms with Crippen LogP contribution < -0.4 is 9.80 Å². The minimum Gasteiger partial charge on any atom is -0.455 e. The van der Waals surface area contributed by atoms with Gasteiger partial charge in [-0.15, -0.1) is 0 Å². The van der Waals surface area contributed by atoms with Gasteiger partial charge in [0.15, 0.2) is 0 Å². The first kappa shape index (κ1) is 27.4. The minimum atomic E-state index is 0.939. The topological polar surface area (TPSA) is 19.6 Å². The van der Waals surface area contributed by atoms with Crippen molar-refractivity contribution in [3.8, 4) is 11.1 Å². The molecule has 0 amide bonds. The van der Waals surface area contributed by atoms with Gasteiger partial charge in [0.25, 0.3) is 0 Å². The number of hydrogen-bond acceptors (Lipinski definition) is 3. The van der Waals surface area contributed by atoms with Gasteiger partial charge in [0.1, 0.15) is 11.2 Å². The second kappa shape index (κ2) is 10.2. The predicted molar refractivity (Wildman–Crippen MR) is 211 cm³/mol. The molecule has 0 saturated heterocycles. The molecule has 0 spiro atoms. The van der Waals surface area contributed by atoms with Gasteiger partial charge in [-0.1, -0.05) is 91.0 Å². The lowest BCUT2D eigenvalue weighted by Crippen LogP contribution is -2.17. The Morgan fingerprint density at radius 2 is 1.18 bits per heavy atom. The van der Waals surface area contributed by atoms with E-state index in [1.807, 2.05) is 0 Å². The molecule has 3 nitrogen and oxygen atoms in total. The molecular formula is C47H30N2O. The Balaban J connectivity index is 1.26. The smallest absolute Gasteiger partial charge is 0.143 e. The summed E-state index contributed by atoms with van der Waals surface area (Å²) in [6.07, 6.45) is 0. The summed E-state index contributed by atoms with van der Waals surface area (Å²) in [5, 5.41) is 9.83. The van der Waals surface area contributed by atoms with Crippen LogP contribution in [0.2, 0.25) is 0 Å². The van der Waals surface area contributed by atoms with Crippen molar-refractivity contribution < 1.29 is 4.42 Å². The largest absolute Gasteiger partial charge is 0.455 e. The van der Waals surface area contributed by atoms with Crippen molar-refractivity contribution in [2.75, 3.05) is 9.80 Å². The number of furan rings is 1. The average Bonchev–Trinajstić information content (AvgIpc) is 3.55. The van der Waals surface area contributed by atoms with Gasteiger partial charge in [-0.2, -0.15) is 0 Å². The van der Waals surface area contributed by atoms with Crippen molar-refractivity contribution in [3.63, 3.8) is 0 Å². The number of nitrogens with zero attached hydrogens (tertiary/aromatic N) is 2. The molecule has 0 aliphatic carbocycles. The summed E-state index contributed by atoms with van der Waals surface area (Å²) in [6, 6.07) is 59.3. The van der Waals surface area contributed by atoms with Crippen LogP contribution in [0.1, 0.15) is 5.56 Å². The third-order valence-corrected chi connectivity index (χ3v) is 10.5. The summed E-state index contributed by atoms with van der Waals surface area (Å²) in [5.41, 5.74) is 12.3. The summed E-state index contributed by atoms with van der Waals surface area (Å²) in [5.74, 6) is 0. The number of rotatable bonds is 4. The molecule has 0 fully saturated rings. The molecule has 9 aromatic carbocycles. The molecule has 0 atom stereocenters. The predicted octanol–water partition coefficient (Wildman–Crippen LogP) is 13.7. The van der Waals surface area contributed by atoms with Crippen LogP contribution in [0.3, 0.4) is 0 Å². The highest BCUT2D eigenvalue weighted by Gasteiger charge is 2.31. The molecule has 11 rings (SSSR count). The number of para-hydroxylation sites is 3. The van der Waals surface area contributed by atoms with Crippen molar-refractivity contribution in [2.24, 2.45) is 0 Å². The summed E-state index contributed by atoms with van der Waals surface area (Å²) in [7, 11) is 0. The monoisotopic (exact) mass is 638 g/mol. The zero-order valence-corrected chi connectivity index (χ0v) is 27.4. The third kappa shape index (κ3) is 3.75. The van der Waals surface area contributed by atoms with Crippen LogP contribution in [0, 0.1) is 6.92 Å². The fourth-order valence-electron chi connectivity index (χ4n) is 8.44. The van der Waals surface area contributed by atoms with Gasteiger partial charge in [-0.05, 0) is 107 Å². The normalized spacial score (nSPS) is 12.5. The Hall–Kier alpha value is -6.58. The molecule has 10 aromatic rings. The van der Waals surface area contributed by atoms with Crippen LogP contribution in [0.4, 0.5) is 34.1 Å². The SMILES string of the molecule is Cc1ccc2c(c1)oc1c3ccc4c5c(cc6cccc(c21)c6c53)-c1ccc(N(c2ccccc2)c2ccccc2)cc1N4c1ccccc1. The summed E-state index contributed by atoms with van der Waals surface area (Å²) < 4.78 is 6.77. The lowest BCUT2D eigenvalue weighted by atomic mass is 9.83. The van der Waals surface area contributed by atoms with Crippen molar-refractivity contribution in [2.45, 2.75) is 6.92 Å². The Labute approximate surface area is 289 Å². The van der Waals surface area contributed by atoms with Crippen molar-refractivity contribution >= 4 is 88.4 Å². The van der Waals surface area contributed by atoms with Gasteiger partial charge in [0.05, 0.1) is 11.4 Å². The maximum Gasteiger partial charge on any atom is 0.143 e. The average molecular weight is 639 g/mol. The van der Waals surface area contributed by atoms with Gasteiger partial charge in [-0.25, -0.2) is 0 Å². The molecule has 234 valence electrons. The summed E-state index contributed by atoms with van der Waals surface area (Å²) >= 11 is 0. The van der Waals surface area contributed by atoms with E-state index in [1.165, 1.54) is 60.1 Å². The maximum atomic E-state index is 6.77. The zero-order chi connectivity index (χ0) is 32.9. The molecule has 0 bridgehead atoms. The van der Waals surface area contributed by atoms with Gasteiger partial charge < -0.3 is 14.2 Å².